The molecule has 5 heteroatoms. The molecule has 3 atom stereocenters. The predicted molar refractivity (Wildman–Crippen MR) is 37.7 cm³/mol. The van der Waals surface area contributed by atoms with Crippen molar-refractivity contribution in [3.8, 4) is 0 Å². The summed E-state index contributed by atoms with van der Waals surface area (Å²) in [7, 11) is 0. The smallest absolute Gasteiger partial charge is 0.324 e. The van der Waals surface area contributed by atoms with Crippen molar-refractivity contribution in [3.63, 3.8) is 0 Å². The van der Waals surface area contributed by atoms with Crippen LogP contribution in [0.3, 0.4) is 0 Å². The van der Waals surface area contributed by atoms with E-state index in [9.17, 15) is 9.59 Å². The van der Waals surface area contributed by atoms with Crippen LogP contribution in [0.25, 0.3) is 0 Å². The Morgan fingerprint density at radius 1 is 1.42 bits per heavy atom. The normalized spacial score (nSPS) is 43.7. The van der Waals surface area contributed by atoms with Crippen LogP contribution in [0.15, 0.2) is 0 Å². The molecule has 1 saturated heterocycles. The third-order valence-corrected chi connectivity index (χ3v) is 2.74. The molecule has 0 radical (unpaired) electrons. The number of fused-ring (bicyclic) bond motifs is 1. The molecule has 1 aliphatic carbocycles. The number of piperidine rings is 1. The Morgan fingerprint density at radius 3 is 2.42 bits per heavy atom. The molecule has 1 heterocycles. The summed E-state index contributed by atoms with van der Waals surface area (Å²) in [5, 5.41) is 20.0. The number of hydrogen-bond acceptors (Lipinski definition) is 3. The summed E-state index contributed by atoms with van der Waals surface area (Å²) >= 11 is 0. The Labute approximate surface area is 68.4 Å². The maximum atomic E-state index is 10.7. The zero-order valence-electron chi connectivity index (χ0n) is 6.28. The first kappa shape index (κ1) is 7.54. The van der Waals surface area contributed by atoms with Gasteiger partial charge in [0.05, 0.1) is 0 Å². The Balaban J connectivity index is 2.10. The molecule has 2 fully saturated rings. The highest BCUT2D eigenvalue weighted by molar-refractivity contribution is 5.87. The monoisotopic (exact) mass is 171 g/mol. The van der Waals surface area contributed by atoms with Gasteiger partial charge in [-0.1, -0.05) is 0 Å². The van der Waals surface area contributed by atoms with Crippen molar-refractivity contribution in [1.29, 1.82) is 0 Å². The van der Waals surface area contributed by atoms with Gasteiger partial charge in [-0.25, -0.2) is 0 Å². The van der Waals surface area contributed by atoms with E-state index in [0.717, 1.165) is 0 Å². The molecule has 2 aliphatic rings. The average molecular weight is 171 g/mol. The second-order valence-corrected chi connectivity index (χ2v) is 3.45. The highest BCUT2D eigenvalue weighted by Gasteiger charge is 2.66. The van der Waals surface area contributed by atoms with E-state index in [1.807, 2.05) is 0 Å². The van der Waals surface area contributed by atoms with E-state index in [0.29, 0.717) is 12.8 Å². The Hall–Kier alpha value is -1.10. The summed E-state index contributed by atoms with van der Waals surface area (Å²) in [5.41, 5.74) is -0.900. The summed E-state index contributed by atoms with van der Waals surface area (Å²) in [6.07, 6.45) is 1.02. The summed E-state index contributed by atoms with van der Waals surface area (Å²) in [6.45, 7) is 0. The minimum atomic E-state index is -0.956. The highest BCUT2D eigenvalue weighted by Crippen LogP contribution is 2.51. The topological polar surface area (TPSA) is 86.6 Å². The van der Waals surface area contributed by atoms with E-state index < -0.39 is 23.5 Å². The van der Waals surface area contributed by atoms with Crippen LogP contribution in [0.4, 0.5) is 0 Å². The molecule has 0 bridgehead atoms. The highest BCUT2D eigenvalue weighted by atomic mass is 16.4. The van der Waals surface area contributed by atoms with Gasteiger partial charge >= 0.3 is 11.9 Å². The van der Waals surface area contributed by atoms with Crippen LogP contribution < -0.4 is 5.32 Å². The van der Waals surface area contributed by atoms with Gasteiger partial charge in [0.15, 0.2) is 0 Å². The largest absolute Gasteiger partial charge is 0.480 e. The fourth-order valence-corrected chi connectivity index (χ4v) is 1.93. The number of carboxylic acids is 2. The van der Waals surface area contributed by atoms with Crippen LogP contribution in [0.2, 0.25) is 0 Å². The van der Waals surface area contributed by atoms with Gasteiger partial charge < -0.3 is 10.2 Å². The molecule has 0 aromatic carbocycles. The molecule has 3 N–H and O–H groups in total. The van der Waals surface area contributed by atoms with Crippen LogP contribution in [0.1, 0.15) is 12.8 Å². The minimum Gasteiger partial charge on any atom is -0.480 e. The zero-order valence-corrected chi connectivity index (χ0v) is 6.28. The number of hydrogen-bond donors (Lipinski definition) is 3. The van der Waals surface area contributed by atoms with Crippen LogP contribution in [0.5, 0.6) is 0 Å². The number of rotatable bonds is 2. The quantitative estimate of drug-likeness (QED) is 0.510. The molecule has 12 heavy (non-hydrogen) atoms. The zero-order chi connectivity index (χ0) is 8.93. The van der Waals surface area contributed by atoms with E-state index in [2.05, 4.69) is 5.32 Å². The fourth-order valence-electron chi connectivity index (χ4n) is 1.93. The van der Waals surface area contributed by atoms with Gasteiger partial charge in [0, 0.05) is 0 Å². The van der Waals surface area contributed by atoms with E-state index in [-0.39, 0.29) is 5.92 Å². The van der Waals surface area contributed by atoms with Crippen molar-refractivity contribution in [1.82, 2.24) is 5.32 Å². The molecular formula is C7H9NO4. The van der Waals surface area contributed by atoms with Crippen LogP contribution in [-0.4, -0.2) is 33.7 Å². The number of aliphatic carboxylic acids is 2. The van der Waals surface area contributed by atoms with E-state index >= 15 is 0 Å². The Bertz CT molecular complexity index is 264. The first-order chi connectivity index (χ1) is 5.56. The van der Waals surface area contributed by atoms with Gasteiger partial charge in [-0.2, -0.15) is 0 Å². The van der Waals surface area contributed by atoms with E-state index in [1.54, 1.807) is 0 Å². The van der Waals surface area contributed by atoms with Crippen molar-refractivity contribution >= 4 is 11.9 Å². The molecule has 1 aliphatic heterocycles. The summed E-state index contributed by atoms with van der Waals surface area (Å²) < 4.78 is 0. The molecule has 1 saturated carbocycles. The Kier molecular flexibility index (Phi) is 1.24. The van der Waals surface area contributed by atoms with E-state index in [1.165, 1.54) is 0 Å². The average Bonchev–Trinajstić information content (AvgIpc) is 2.55. The van der Waals surface area contributed by atoms with Gasteiger partial charge in [0.2, 0.25) is 0 Å². The van der Waals surface area contributed by atoms with Crippen molar-refractivity contribution < 1.29 is 19.8 Å². The van der Waals surface area contributed by atoms with Gasteiger partial charge in [-0.3, -0.25) is 14.9 Å². The van der Waals surface area contributed by atoms with Crippen molar-refractivity contribution in [2.24, 2.45) is 5.92 Å². The Morgan fingerprint density at radius 2 is 2.08 bits per heavy atom. The maximum absolute atomic E-state index is 10.7. The van der Waals surface area contributed by atoms with Gasteiger partial charge in [0.25, 0.3) is 0 Å². The van der Waals surface area contributed by atoms with Gasteiger partial charge in [-0.15, -0.1) is 0 Å². The molecule has 66 valence electrons. The lowest BCUT2D eigenvalue weighted by molar-refractivity contribution is -0.142. The van der Waals surface area contributed by atoms with Gasteiger partial charge in [-0.05, 0) is 18.8 Å². The van der Waals surface area contributed by atoms with Crippen LogP contribution >= 0.6 is 0 Å². The SMILES string of the molecule is O=C(O)C1CC2CC2(C(=O)O)N1. The third-order valence-electron chi connectivity index (χ3n) is 2.74. The first-order valence-electron chi connectivity index (χ1n) is 3.80. The number of nitrogens with one attached hydrogen (secondary N) is 1. The van der Waals surface area contributed by atoms with Crippen molar-refractivity contribution in [2.75, 3.05) is 0 Å². The summed E-state index contributed by atoms with van der Waals surface area (Å²) in [5.74, 6) is -1.85. The van der Waals surface area contributed by atoms with E-state index in [4.69, 9.17) is 10.2 Å². The molecule has 0 amide bonds. The lowest BCUT2D eigenvalue weighted by Gasteiger charge is -2.11. The molecule has 3 unspecified atom stereocenters. The fraction of sp³-hybridized carbons (Fsp3) is 0.714. The molecule has 0 spiro atoms. The lowest BCUT2D eigenvalue weighted by Crippen LogP contribution is -2.44. The van der Waals surface area contributed by atoms with Crippen LogP contribution in [-0.2, 0) is 9.59 Å². The predicted octanol–water partition coefficient (Wildman–Crippen LogP) is -0.724. The molecule has 5 nitrogen and oxygen atoms in total. The molecular weight excluding hydrogens is 162 g/mol. The maximum Gasteiger partial charge on any atom is 0.324 e. The molecule has 0 aromatic heterocycles. The lowest BCUT2D eigenvalue weighted by atomic mass is 10.2. The summed E-state index contributed by atoms with van der Waals surface area (Å²) in [6, 6.07) is -0.667. The molecule has 0 aromatic rings. The molecule has 2 rings (SSSR count). The van der Waals surface area contributed by atoms with Crippen molar-refractivity contribution in [3.05, 3.63) is 0 Å². The van der Waals surface area contributed by atoms with Gasteiger partial charge in [0.1, 0.15) is 11.6 Å². The number of carboxylic acid groups (broad SMARTS) is 2. The second kappa shape index (κ2) is 1.98. The second-order valence-electron chi connectivity index (χ2n) is 3.45. The number of carbonyl (C=O) groups is 2. The standard InChI is InChI=1S/C7H9NO4/c9-5(10)4-1-3-2-7(3,8-4)6(11)12/h3-4,8H,1-2H2,(H,9,10)(H,11,12). The third kappa shape index (κ3) is 0.768. The van der Waals surface area contributed by atoms with Crippen LogP contribution in [0, 0.1) is 5.92 Å². The summed E-state index contributed by atoms with van der Waals surface area (Å²) in [4.78, 5) is 21.2. The first-order valence-corrected chi connectivity index (χ1v) is 3.80. The minimum absolute atomic E-state index is 0.0242. The van der Waals surface area contributed by atoms with Crippen molar-refractivity contribution in [2.45, 2.75) is 24.4 Å².